The van der Waals surface area contributed by atoms with E-state index in [1.54, 1.807) is 18.2 Å². The number of carbonyl (C=O) groups is 1. The van der Waals surface area contributed by atoms with Crippen LogP contribution in [0.1, 0.15) is 40.7 Å². The maximum absolute atomic E-state index is 13.5. The molecule has 1 amide bonds. The van der Waals surface area contributed by atoms with E-state index in [2.05, 4.69) is 15.6 Å². The fraction of sp³-hybridized carbons (Fsp3) is 0.375. The minimum absolute atomic E-state index is 0.126. The van der Waals surface area contributed by atoms with Gasteiger partial charge in [0.2, 0.25) is 0 Å². The van der Waals surface area contributed by atoms with Crippen LogP contribution in [0.15, 0.2) is 34.9 Å². The summed E-state index contributed by atoms with van der Waals surface area (Å²) >= 11 is 0. The molecule has 5 nitrogen and oxygen atoms in total. The van der Waals surface area contributed by atoms with Gasteiger partial charge in [0.25, 0.3) is 5.91 Å². The van der Waals surface area contributed by atoms with Crippen LogP contribution in [0.2, 0.25) is 0 Å². The summed E-state index contributed by atoms with van der Waals surface area (Å²) in [6.07, 6.45) is 3.28. The molecule has 6 heteroatoms. The van der Waals surface area contributed by atoms with Gasteiger partial charge in [0.05, 0.1) is 0 Å². The Bertz CT molecular complexity index is 650. The highest BCUT2D eigenvalue weighted by atomic mass is 19.1. The summed E-state index contributed by atoms with van der Waals surface area (Å²) in [7, 11) is 0. The second kappa shape index (κ2) is 6.70. The standard InChI is InChI=1S/C16H18FN3O2/c17-13-4-2-1-3-12(13)9-19-15(21)14-10-22-16(20-14)11-5-7-18-8-6-11/h1-4,10-11,18H,5-9H2,(H,19,21). The Balaban J connectivity index is 1.61. The van der Waals surface area contributed by atoms with Gasteiger partial charge in [-0.2, -0.15) is 0 Å². The Morgan fingerprint density at radius 3 is 2.91 bits per heavy atom. The minimum Gasteiger partial charge on any atom is -0.448 e. The Labute approximate surface area is 127 Å². The molecule has 0 radical (unpaired) electrons. The Hall–Kier alpha value is -2.21. The van der Waals surface area contributed by atoms with Gasteiger partial charge in [-0.25, -0.2) is 9.37 Å². The van der Waals surface area contributed by atoms with Gasteiger partial charge in [-0.3, -0.25) is 4.79 Å². The van der Waals surface area contributed by atoms with E-state index in [1.165, 1.54) is 12.3 Å². The number of benzene rings is 1. The van der Waals surface area contributed by atoms with Crippen molar-refractivity contribution in [3.63, 3.8) is 0 Å². The number of aromatic nitrogens is 1. The zero-order valence-electron chi connectivity index (χ0n) is 12.1. The topological polar surface area (TPSA) is 67.2 Å². The summed E-state index contributed by atoms with van der Waals surface area (Å²) < 4.78 is 18.9. The van der Waals surface area contributed by atoms with E-state index in [9.17, 15) is 9.18 Å². The van der Waals surface area contributed by atoms with Crippen LogP contribution in [-0.4, -0.2) is 24.0 Å². The third kappa shape index (κ3) is 3.33. The predicted molar refractivity (Wildman–Crippen MR) is 78.9 cm³/mol. The maximum atomic E-state index is 13.5. The lowest BCUT2D eigenvalue weighted by Crippen LogP contribution is -2.27. The number of hydrogen-bond acceptors (Lipinski definition) is 4. The van der Waals surface area contributed by atoms with Crippen LogP contribution in [0, 0.1) is 5.82 Å². The number of piperidine rings is 1. The average molecular weight is 303 g/mol. The van der Waals surface area contributed by atoms with Crippen molar-refractivity contribution < 1.29 is 13.6 Å². The Morgan fingerprint density at radius 2 is 2.14 bits per heavy atom. The predicted octanol–water partition coefficient (Wildman–Crippen LogP) is 2.21. The van der Waals surface area contributed by atoms with E-state index in [0.29, 0.717) is 11.5 Å². The molecule has 0 unspecified atom stereocenters. The van der Waals surface area contributed by atoms with Crippen molar-refractivity contribution in [2.45, 2.75) is 25.3 Å². The smallest absolute Gasteiger partial charge is 0.273 e. The lowest BCUT2D eigenvalue weighted by atomic mass is 9.98. The number of oxazole rings is 1. The first-order valence-corrected chi connectivity index (χ1v) is 7.42. The molecule has 1 fully saturated rings. The van der Waals surface area contributed by atoms with Crippen molar-refractivity contribution in [3.8, 4) is 0 Å². The van der Waals surface area contributed by atoms with Gasteiger partial charge >= 0.3 is 0 Å². The molecule has 0 saturated carbocycles. The molecule has 22 heavy (non-hydrogen) atoms. The van der Waals surface area contributed by atoms with Crippen LogP contribution in [0.25, 0.3) is 0 Å². The molecule has 2 N–H and O–H groups in total. The van der Waals surface area contributed by atoms with Gasteiger partial charge in [0.15, 0.2) is 11.6 Å². The van der Waals surface area contributed by atoms with E-state index < -0.39 is 0 Å². The van der Waals surface area contributed by atoms with Crippen molar-refractivity contribution in [2.75, 3.05) is 13.1 Å². The van der Waals surface area contributed by atoms with Gasteiger partial charge in [0, 0.05) is 18.0 Å². The number of carbonyl (C=O) groups excluding carboxylic acids is 1. The quantitative estimate of drug-likeness (QED) is 0.909. The molecular formula is C16H18FN3O2. The molecule has 0 bridgehead atoms. The van der Waals surface area contributed by atoms with E-state index >= 15 is 0 Å². The zero-order chi connectivity index (χ0) is 15.4. The van der Waals surface area contributed by atoms with E-state index in [1.807, 2.05) is 0 Å². The molecule has 0 aliphatic carbocycles. The van der Waals surface area contributed by atoms with Crippen LogP contribution in [-0.2, 0) is 6.54 Å². The maximum Gasteiger partial charge on any atom is 0.273 e. The Morgan fingerprint density at radius 1 is 1.36 bits per heavy atom. The molecular weight excluding hydrogens is 285 g/mol. The summed E-state index contributed by atoms with van der Waals surface area (Å²) in [6.45, 7) is 1.99. The van der Waals surface area contributed by atoms with Crippen LogP contribution >= 0.6 is 0 Å². The first kappa shape index (κ1) is 14.7. The first-order valence-electron chi connectivity index (χ1n) is 7.42. The normalized spacial score (nSPS) is 15.7. The summed E-state index contributed by atoms with van der Waals surface area (Å²) in [6, 6.07) is 6.35. The molecule has 1 aromatic carbocycles. The molecule has 2 aromatic rings. The number of amides is 1. The monoisotopic (exact) mass is 303 g/mol. The average Bonchev–Trinajstić information content (AvgIpc) is 3.05. The number of nitrogens with zero attached hydrogens (tertiary/aromatic N) is 1. The highest BCUT2D eigenvalue weighted by Gasteiger charge is 2.21. The first-order chi connectivity index (χ1) is 10.7. The van der Waals surface area contributed by atoms with E-state index in [4.69, 9.17) is 4.42 Å². The van der Waals surface area contributed by atoms with E-state index in [-0.39, 0.29) is 29.9 Å². The second-order valence-electron chi connectivity index (χ2n) is 5.37. The highest BCUT2D eigenvalue weighted by molar-refractivity contribution is 5.91. The molecule has 0 atom stereocenters. The number of rotatable bonds is 4. The van der Waals surface area contributed by atoms with Crippen LogP contribution in [0.3, 0.4) is 0 Å². The molecule has 1 aliphatic heterocycles. The number of hydrogen-bond donors (Lipinski definition) is 2. The molecule has 2 heterocycles. The van der Waals surface area contributed by atoms with Crippen molar-refractivity contribution in [1.29, 1.82) is 0 Å². The molecule has 1 aliphatic rings. The van der Waals surface area contributed by atoms with Crippen LogP contribution in [0.5, 0.6) is 0 Å². The summed E-state index contributed by atoms with van der Waals surface area (Å²) in [5.74, 6) is 0.178. The van der Waals surface area contributed by atoms with Gasteiger partial charge in [0.1, 0.15) is 12.1 Å². The van der Waals surface area contributed by atoms with Gasteiger partial charge in [-0.15, -0.1) is 0 Å². The van der Waals surface area contributed by atoms with Crippen molar-refractivity contribution >= 4 is 5.91 Å². The molecule has 1 saturated heterocycles. The van der Waals surface area contributed by atoms with Crippen molar-refractivity contribution in [2.24, 2.45) is 0 Å². The van der Waals surface area contributed by atoms with Gasteiger partial charge in [-0.05, 0) is 32.0 Å². The molecule has 116 valence electrons. The zero-order valence-corrected chi connectivity index (χ0v) is 12.1. The second-order valence-corrected chi connectivity index (χ2v) is 5.37. The SMILES string of the molecule is O=C(NCc1ccccc1F)c1coc(C2CCNCC2)n1. The van der Waals surface area contributed by atoms with Crippen LogP contribution < -0.4 is 10.6 Å². The lowest BCUT2D eigenvalue weighted by molar-refractivity contribution is 0.0945. The molecule has 0 spiro atoms. The number of nitrogens with one attached hydrogen (secondary N) is 2. The lowest BCUT2D eigenvalue weighted by Gasteiger charge is -2.19. The third-order valence-electron chi connectivity index (χ3n) is 3.84. The molecule has 3 rings (SSSR count). The van der Waals surface area contributed by atoms with Crippen molar-refractivity contribution in [3.05, 3.63) is 53.5 Å². The van der Waals surface area contributed by atoms with Crippen molar-refractivity contribution in [1.82, 2.24) is 15.6 Å². The fourth-order valence-corrected chi connectivity index (χ4v) is 2.56. The van der Waals surface area contributed by atoms with Crippen LogP contribution in [0.4, 0.5) is 4.39 Å². The minimum atomic E-state index is -0.354. The van der Waals surface area contributed by atoms with Gasteiger partial charge < -0.3 is 15.1 Å². The van der Waals surface area contributed by atoms with Gasteiger partial charge in [-0.1, -0.05) is 18.2 Å². The largest absolute Gasteiger partial charge is 0.448 e. The molecule has 1 aromatic heterocycles. The van der Waals surface area contributed by atoms with E-state index in [0.717, 1.165) is 25.9 Å². The third-order valence-corrected chi connectivity index (χ3v) is 3.84. The highest BCUT2D eigenvalue weighted by Crippen LogP contribution is 2.24. The summed E-state index contributed by atoms with van der Waals surface area (Å²) in [5.41, 5.74) is 0.683. The Kier molecular flexibility index (Phi) is 4.48. The summed E-state index contributed by atoms with van der Waals surface area (Å²) in [5, 5.41) is 5.93. The fourth-order valence-electron chi connectivity index (χ4n) is 2.56. The summed E-state index contributed by atoms with van der Waals surface area (Å²) in [4.78, 5) is 16.3. The number of halogens is 1.